The van der Waals surface area contributed by atoms with Crippen LogP contribution in [0.1, 0.15) is 52.6 Å². The number of aromatic nitrogens is 1. The number of hydrogen-bond acceptors (Lipinski definition) is 2. The molecule has 0 unspecified atom stereocenters. The molecule has 220 valence electrons. The Morgan fingerprint density at radius 3 is 1.86 bits per heavy atom. The van der Waals surface area contributed by atoms with Crippen molar-refractivity contribution in [2.45, 2.75) is 39.2 Å². The fraction of sp³-hybridized carbons (Fsp3) is 0.212. The van der Waals surface area contributed by atoms with E-state index in [9.17, 15) is 35.9 Å². The van der Waals surface area contributed by atoms with Gasteiger partial charge in [-0.2, -0.15) is 26.3 Å². The zero-order chi connectivity index (χ0) is 31.0. The van der Waals surface area contributed by atoms with Gasteiger partial charge in [-0.25, -0.2) is 0 Å². The molecule has 1 atom stereocenters. The van der Waals surface area contributed by atoms with Gasteiger partial charge in [-0.3, -0.25) is 14.5 Å². The molecule has 0 bridgehead atoms. The van der Waals surface area contributed by atoms with Gasteiger partial charge in [0.2, 0.25) is 0 Å². The first kappa shape index (κ1) is 28.5. The molecular formula is C33H24F6N2O2. The van der Waals surface area contributed by atoms with E-state index in [1.165, 1.54) is 11.0 Å². The normalized spacial score (nSPS) is 14.8. The van der Waals surface area contributed by atoms with Gasteiger partial charge in [0.15, 0.2) is 0 Å². The number of benzene rings is 4. The number of halogens is 6. The number of rotatable bonds is 4. The highest BCUT2D eigenvalue weighted by molar-refractivity contribution is 6.24. The highest BCUT2D eigenvalue weighted by atomic mass is 19.4. The van der Waals surface area contributed by atoms with Crippen LogP contribution in [0.15, 0.2) is 78.9 Å². The van der Waals surface area contributed by atoms with Gasteiger partial charge >= 0.3 is 12.4 Å². The number of para-hydroxylation sites is 2. The summed E-state index contributed by atoms with van der Waals surface area (Å²) in [5.74, 6) is -1.01. The fourth-order valence-electron chi connectivity index (χ4n) is 5.75. The van der Waals surface area contributed by atoms with Gasteiger partial charge in [-0.15, -0.1) is 0 Å². The van der Waals surface area contributed by atoms with Crippen LogP contribution in [0.3, 0.4) is 0 Å². The number of carbonyl (C=O) groups is 2. The summed E-state index contributed by atoms with van der Waals surface area (Å²) in [5.41, 5.74) is -1.58. The van der Waals surface area contributed by atoms with Crippen LogP contribution in [-0.4, -0.2) is 27.3 Å². The molecule has 2 heterocycles. The molecule has 0 radical (unpaired) electrons. The number of fused-ring (bicyclic) bond motifs is 4. The van der Waals surface area contributed by atoms with Crippen molar-refractivity contribution in [2.24, 2.45) is 5.92 Å². The quantitative estimate of drug-likeness (QED) is 0.154. The van der Waals surface area contributed by atoms with E-state index in [4.69, 9.17) is 0 Å². The lowest BCUT2D eigenvalue weighted by Gasteiger charge is -2.25. The predicted molar refractivity (Wildman–Crippen MR) is 151 cm³/mol. The molecule has 4 aromatic carbocycles. The molecule has 43 heavy (non-hydrogen) atoms. The van der Waals surface area contributed by atoms with Crippen LogP contribution in [0.25, 0.3) is 38.6 Å². The highest BCUT2D eigenvalue weighted by Gasteiger charge is 2.42. The second kappa shape index (κ2) is 9.72. The Morgan fingerprint density at radius 1 is 0.651 bits per heavy atom. The molecule has 1 aliphatic rings. The van der Waals surface area contributed by atoms with E-state index >= 15 is 0 Å². The standard InChI is InChI=1S/C33H24F6N2O2/c1-17(2)18(3)40-30(42)25-11-7-13-27(28(25)31(40)43)41-26-12-5-4-8-23(26)24-10-6-9-22(29(24)41)19-14-20(32(34,35)36)16-21(15-19)33(37,38)39/h4-18H,1-3H3/t18-/m0/s1. The summed E-state index contributed by atoms with van der Waals surface area (Å²) in [7, 11) is 0. The molecule has 1 aromatic heterocycles. The first-order valence-electron chi connectivity index (χ1n) is 13.5. The van der Waals surface area contributed by atoms with E-state index in [1.54, 1.807) is 66.1 Å². The van der Waals surface area contributed by atoms with Crippen molar-refractivity contribution in [2.75, 3.05) is 0 Å². The summed E-state index contributed by atoms with van der Waals surface area (Å²) in [6.45, 7) is 5.55. The molecule has 5 aromatic rings. The van der Waals surface area contributed by atoms with Crippen LogP contribution in [0.2, 0.25) is 0 Å². The van der Waals surface area contributed by atoms with E-state index in [2.05, 4.69) is 0 Å². The summed E-state index contributed by atoms with van der Waals surface area (Å²) in [6, 6.07) is 17.6. The van der Waals surface area contributed by atoms with Gasteiger partial charge in [0, 0.05) is 22.4 Å². The van der Waals surface area contributed by atoms with Gasteiger partial charge in [0.25, 0.3) is 11.8 Å². The fourth-order valence-corrected chi connectivity index (χ4v) is 5.75. The van der Waals surface area contributed by atoms with Crippen molar-refractivity contribution in [3.63, 3.8) is 0 Å². The molecule has 6 rings (SSSR count). The topological polar surface area (TPSA) is 42.3 Å². The highest BCUT2D eigenvalue weighted by Crippen LogP contribution is 2.44. The number of amides is 2. The zero-order valence-electron chi connectivity index (χ0n) is 23.1. The summed E-state index contributed by atoms with van der Waals surface area (Å²) >= 11 is 0. The SMILES string of the molecule is CC(C)[C@H](C)N1C(=O)c2cccc(-n3c4ccccc4c4cccc(-c5cc(C(F)(F)F)cc(C(F)(F)F)c5)c43)c2C1=O. The lowest BCUT2D eigenvalue weighted by Crippen LogP contribution is -2.41. The van der Waals surface area contributed by atoms with Gasteiger partial charge in [0.1, 0.15) is 0 Å². The Hall–Kier alpha value is -4.60. The Bertz CT molecular complexity index is 1920. The summed E-state index contributed by atoms with van der Waals surface area (Å²) in [5, 5.41) is 1.23. The molecule has 0 spiro atoms. The van der Waals surface area contributed by atoms with Crippen LogP contribution in [0.4, 0.5) is 26.3 Å². The predicted octanol–water partition coefficient (Wildman–Crippen LogP) is 9.13. The summed E-state index contributed by atoms with van der Waals surface area (Å²) < 4.78 is 84.6. The summed E-state index contributed by atoms with van der Waals surface area (Å²) in [4.78, 5) is 28.5. The Morgan fingerprint density at radius 2 is 1.23 bits per heavy atom. The maximum absolute atomic E-state index is 13.8. The van der Waals surface area contributed by atoms with E-state index in [0.717, 1.165) is 0 Å². The van der Waals surface area contributed by atoms with Crippen molar-refractivity contribution < 1.29 is 35.9 Å². The van der Waals surface area contributed by atoms with Crippen LogP contribution in [-0.2, 0) is 12.4 Å². The number of imide groups is 1. The second-order valence-corrected chi connectivity index (χ2v) is 11.0. The molecule has 1 aliphatic heterocycles. The molecule has 0 saturated carbocycles. The van der Waals surface area contributed by atoms with Crippen molar-refractivity contribution in [1.29, 1.82) is 0 Å². The first-order chi connectivity index (χ1) is 20.2. The third-order valence-electron chi connectivity index (χ3n) is 8.13. The largest absolute Gasteiger partial charge is 0.416 e. The average molecular weight is 595 g/mol. The van der Waals surface area contributed by atoms with Crippen LogP contribution >= 0.6 is 0 Å². The third kappa shape index (κ3) is 4.47. The maximum Gasteiger partial charge on any atom is 0.416 e. The number of carbonyl (C=O) groups excluding carboxylic acids is 2. The van der Waals surface area contributed by atoms with Crippen LogP contribution < -0.4 is 0 Å². The lowest BCUT2D eigenvalue weighted by molar-refractivity contribution is -0.143. The van der Waals surface area contributed by atoms with Crippen molar-refractivity contribution in [1.82, 2.24) is 9.47 Å². The van der Waals surface area contributed by atoms with Crippen molar-refractivity contribution >= 4 is 33.6 Å². The molecule has 0 saturated heterocycles. The molecule has 0 fully saturated rings. The molecular weight excluding hydrogens is 570 g/mol. The Labute approximate surface area is 242 Å². The monoisotopic (exact) mass is 594 g/mol. The van der Waals surface area contributed by atoms with Crippen molar-refractivity contribution in [3.05, 3.63) is 101 Å². The van der Waals surface area contributed by atoms with Gasteiger partial charge in [0.05, 0.1) is 39.0 Å². The van der Waals surface area contributed by atoms with Gasteiger partial charge < -0.3 is 4.57 Å². The van der Waals surface area contributed by atoms with Gasteiger partial charge in [-0.05, 0) is 54.8 Å². The van der Waals surface area contributed by atoms with E-state index in [0.29, 0.717) is 39.6 Å². The number of nitrogens with zero attached hydrogens (tertiary/aromatic N) is 2. The Kier molecular flexibility index (Phi) is 6.45. The smallest absolute Gasteiger partial charge is 0.308 e. The van der Waals surface area contributed by atoms with Crippen molar-refractivity contribution in [3.8, 4) is 16.8 Å². The average Bonchev–Trinajstić information content (AvgIpc) is 3.42. The second-order valence-electron chi connectivity index (χ2n) is 11.0. The van der Waals surface area contributed by atoms with Crippen LogP contribution in [0, 0.1) is 5.92 Å². The molecule has 0 N–H and O–H groups in total. The third-order valence-corrected chi connectivity index (χ3v) is 8.13. The molecule has 0 aliphatic carbocycles. The Balaban J connectivity index is 1.71. The molecule has 10 heteroatoms. The van der Waals surface area contributed by atoms with Gasteiger partial charge in [-0.1, -0.05) is 56.3 Å². The van der Waals surface area contributed by atoms with Crippen LogP contribution in [0.5, 0.6) is 0 Å². The number of alkyl halides is 6. The lowest BCUT2D eigenvalue weighted by atomic mass is 9.97. The minimum Gasteiger partial charge on any atom is -0.308 e. The molecule has 4 nitrogen and oxygen atoms in total. The molecule has 2 amide bonds. The summed E-state index contributed by atoms with van der Waals surface area (Å²) in [6.07, 6.45) is -10.1. The van der Waals surface area contributed by atoms with E-state index in [-0.39, 0.29) is 34.2 Å². The minimum absolute atomic E-state index is 0.0331. The van der Waals surface area contributed by atoms with E-state index < -0.39 is 41.3 Å². The maximum atomic E-state index is 13.8. The first-order valence-corrected chi connectivity index (χ1v) is 13.5. The zero-order valence-corrected chi connectivity index (χ0v) is 23.1. The van der Waals surface area contributed by atoms with E-state index in [1.807, 2.05) is 13.8 Å². The number of hydrogen-bond donors (Lipinski definition) is 0. The minimum atomic E-state index is -5.03.